The highest BCUT2D eigenvalue weighted by Gasteiger charge is 2.43. The number of rotatable bonds is 6. The third-order valence-electron chi connectivity index (χ3n) is 7.17. The number of pyridine rings is 1. The number of ether oxygens (including phenoxy) is 1. The second-order valence-corrected chi connectivity index (χ2v) is 9.38. The molecule has 4 heterocycles. The molecule has 0 aliphatic carbocycles. The number of fused-ring (bicyclic) bond motifs is 4. The van der Waals surface area contributed by atoms with Crippen molar-refractivity contribution < 1.29 is 4.74 Å². The summed E-state index contributed by atoms with van der Waals surface area (Å²) < 4.78 is 5.53. The van der Waals surface area contributed by atoms with E-state index in [1.54, 1.807) is 7.11 Å². The molecule has 33 heavy (non-hydrogen) atoms. The van der Waals surface area contributed by atoms with Gasteiger partial charge in [0.1, 0.15) is 5.75 Å². The summed E-state index contributed by atoms with van der Waals surface area (Å²) in [6, 6.07) is 18.6. The van der Waals surface area contributed by atoms with Crippen molar-refractivity contribution in [3.63, 3.8) is 0 Å². The van der Waals surface area contributed by atoms with Crippen molar-refractivity contribution >= 4 is 33.9 Å². The van der Waals surface area contributed by atoms with Crippen molar-refractivity contribution in [2.45, 2.75) is 24.9 Å². The SMILES string of the molecule is C=C[C@H]1CN2CC[C@H]1C[C@@H]2[C@H](NC(=S)Nc1ccccc1)c1ccnc2ccc(OC)cc12. The Morgan fingerprint density at radius 3 is 2.82 bits per heavy atom. The summed E-state index contributed by atoms with van der Waals surface area (Å²) >= 11 is 5.79. The van der Waals surface area contributed by atoms with Crippen LogP contribution < -0.4 is 15.4 Å². The van der Waals surface area contributed by atoms with Crippen molar-refractivity contribution in [3.8, 4) is 5.75 Å². The van der Waals surface area contributed by atoms with Gasteiger partial charge in [-0.05, 0) is 85.4 Å². The molecule has 2 aromatic carbocycles. The minimum atomic E-state index is 0.0277. The fourth-order valence-corrected chi connectivity index (χ4v) is 5.72. The highest BCUT2D eigenvalue weighted by atomic mass is 32.1. The molecule has 0 amide bonds. The topological polar surface area (TPSA) is 49.4 Å². The van der Waals surface area contributed by atoms with Gasteiger partial charge < -0.3 is 15.4 Å². The Morgan fingerprint density at radius 1 is 1.24 bits per heavy atom. The summed E-state index contributed by atoms with van der Waals surface area (Å²) in [5, 5.41) is 8.77. The van der Waals surface area contributed by atoms with Gasteiger partial charge in [0.15, 0.2) is 5.11 Å². The number of benzene rings is 2. The van der Waals surface area contributed by atoms with E-state index < -0.39 is 0 Å². The molecule has 3 aliphatic rings. The monoisotopic (exact) mass is 458 g/mol. The van der Waals surface area contributed by atoms with Crippen LogP contribution in [0.2, 0.25) is 0 Å². The van der Waals surface area contributed by atoms with E-state index in [0.717, 1.165) is 41.9 Å². The second kappa shape index (κ2) is 9.49. The van der Waals surface area contributed by atoms with Gasteiger partial charge in [-0.1, -0.05) is 24.3 Å². The first-order valence-corrected chi connectivity index (χ1v) is 12.0. The summed E-state index contributed by atoms with van der Waals surface area (Å²) in [7, 11) is 1.70. The van der Waals surface area contributed by atoms with E-state index in [-0.39, 0.29) is 6.04 Å². The normalized spacial score (nSPS) is 24.8. The van der Waals surface area contributed by atoms with E-state index in [0.29, 0.717) is 23.0 Å². The predicted molar refractivity (Wildman–Crippen MR) is 139 cm³/mol. The number of aromatic nitrogens is 1. The van der Waals surface area contributed by atoms with Crippen LogP contribution in [-0.2, 0) is 0 Å². The Balaban J connectivity index is 1.51. The van der Waals surface area contributed by atoms with Crippen molar-refractivity contribution in [3.05, 3.63) is 79.0 Å². The summed E-state index contributed by atoms with van der Waals surface area (Å²) in [4.78, 5) is 7.22. The van der Waals surface area contributed by atoms with Gasteiger partial charge >= 0.3 is 0 Å². The van der Waals surface area contributed by atoms with Gasteiger partial charge in [-0.15, -0.1) is 6.58 Å². The molecule has 5 atom stereocenters. The molecule has 0 spiro atoms. The minimum Gasteiger partial charge on any atom is -0.497 e. The van der Waals surface area contributed by atoms with Gasteiger partial charge in [0.2, 0.25) is 0 Å². The number of hydrogen-bond acceptors (Lipinski definition) is 4. The highest BCUT2D eigenvalue weighted by molar-refractivity contribution is 7.80. The summed E-state index contributed by atoms with van der Waals surface area (Å²) in [5.41, 5.74) is 3.14. The molecule has 1 unspecified atom stereocenters. The number of hydrogen-bond donors (Lipinski definition) is 2. The average Bonchev–Trinajstić information content (AvgIpc) is 2.87. The predicted octanol–water partition coefficient (Wildman–Crippen LogP) is 5.17. The van der Waals surface area contributed by atoms with E-state index in [9.17, 15) is 0 Å². The van der Waals surface area contributed by atoms with Crippen LogP contribution in [0.3, 0.4) is 0 Å². The third kappa shape index (κ3) is 4.45. The number of thiocarbonyl (C=S) groups is 1. The zero-order valence-corrected chi connectivity index (χ0v) is 19.7. The van der Waals surface area contributed by atoms with Gasteiger partial charge in [-0.2, -0.15) is 0 Å². The van der Waals surface area contributed by atoms with Crippen LogP contribution in [0.5, 0.6) is 5.75 Å². The number of nitrogens with one attached hydrogen (secondary N) is 2. The molecule has 2 N–H and O–H groups in total. The van der Waals surface area contributed by atoms with Crippen LogP contribution >= 0.6 is 12.2 Å². The molecule has 0 saturated carbocycles. The Labute approximate surface area is 200 Å². The van der Waals surface area contributed by atoms with Crippen LogP contribution in [0.25, 0.3) is 10.9 Å². The maximum atomic E-state index is 5.79. The smallest absolute Gasteiger partial charge is 0.171 e. The lowest BCUT2D eigenvalue weighted by molar-refractivity contribution is 0.00443. The van der Waals surface area contributed by atoms with Gasteiger partial charge in [0.25, 0.3) is 0 Å². The van der Waals surface area contributed by atoms with Crippen LogP contribution in [0, 0.1) is 11.8 Å². The molecule has 170 valence electrons. The van der Waals surface area contributed by atoms with Crippen molar-refractivity contribution in [2.24, 2.45) is 11.8 Å². The maximum Gasteiger partial charge on any atom is 0.171 e. The summed E-state index contributed by atoms with van der Waals surface area (Å²) in [5.74, 6) is 2.07. The zero-order chi connectivity index (χ0) is 22.8. The molecule has 3 saturated heterocycles. The number of nitrogens with zero attached hydrogens (tertiary/aromatic N) is 2. The van der Waals surface area contributed by atoms with E-state index in [1.807, 2.05) is 48.7 Å². The van der Waals surface area contributed by atoms with Crippen LogP contribution in [-0.4, -0.2) is 41.2 Å². The van der Waals surface area contributed by atoms with Gasteiger partial charge in [0.05, 0.1) is 18.7 Å². The third-order valence-corrected chi connectivity index (χ3v) is 7.39. The van der Waals surface area contributed by atoms with Crippen molar-refractivity contribution in [2.75, 3.05) is 25.5 Å². The fourth-order valence-electron chi connectivity index (χ4n) is 5.48. The second-order valence-electron chi connectivity index (χ2n) is 8.97. The van der Waals surface area contributed by atoms with Crippen LogP contribution in [0.15, 0.2) is 73.4 Å². The lowest BCUT2D eigenvalue weighted by Gasteiger charge is -2.52. The molecule has 6 rings (SSSR count). The van der Waals surface area contributed by atoms with Crippen molar-refractivity contribution in [1.29, 1.82) is 0 Å². The maximum absolute atomic E-state index is 5.79. The van der Waals surface area contributed by atoms with Gasteiger partial charge in [0, 0.05) is 29.9 Å². The molecular formula is C27H30N4OS. The molecule has 0 radical (unpaired) electrons. The Hall–Kier alpha value is -2.96. The first kappa shape index (κ1) is 21.9. The average molecular weight is 459 g/mol. The zero-order valence-electron chi connectivity index (χ0n) is 18.9. The van der Waals surface area contributed by atoms with Gasteiger partial charge in [-0.25, -0.2) is 0 Å². The molecule has 5 nitrogen and oxygen atoms in total. The molecule has 1 aromatic heterocycles. The Kier molecular flexibility index (Phi) is 6.29. The molecule has 3 aliphatic heterocycles. The molecular weight excluding hydrogens is 428 g/mol. The van der Waals surface area contributed by atoms with E-state index >= 15 is 0 Å². The fraction of sp³-hybridized carbons (Fsp3) is 0.333. The van der Waals surface area contributed by atoms with E-state index in [1.165, 1.54) is 12.0 Å². The molecule has 2 bridgehead atoms. The quantitative estimate of drug-likeness (QED) is 0.393. The highest BCUT2D eigenvalue weighted by Crippen LogP contribution is 2.42. The largest absolute Gasteiger partial charge is 0.497 e. The number of piperidine rings is 3. The Morgan fingerprint density at radius 2 is 2.09 bits per heavy atom. The van der Waals surface area contributed by atoms with Gasteiger partial charge in [-0.3, -0.25) is 9.88 Å². The lowest BCUT2D eigenvalue weighted by atomic mass is 9.73. The molecule has 6 heteroatoms. The van der Waals surface area contributed by atoms with E-state index in [4.69, 9.17) is 17.0 Å². The molecule has 3 aromatic rings. The first-order valence-electron chi connectivity index (χ1n) is 11.6. The number of anilines is 1. The standard InChI is InChI=1S/C27H30N4OS/c1-3-18-17-31-14-12-19(18)15-25(31)26(30-27(33)29-20-7-5-4-6-8-20)22-11-13-28-24-10-9-21(32-2)16-23(22)24/h3-11,13,16,18-19,25-26H,1,12,14-15,17H2,2H3,(H2,29,30,33)/t18-,19-,25+,26+/m0/s1. The number of methoxy groups -OCH3 is 1. The molecule has 3 fully saturated rings. The van der Waals surface area contributed by atoms with Crippen LogP contribution in [0.4, 0.5) is 5.69 Å². The lowest BCUT2D eigenvalue weighted by Crippen LogP contribution is -2.57. The van der Waals surface area contributed by atoms with E-state index in [2.05, 4.69) is 45.3 Å². The van der Waals surface area contributed by atoms with Crippen molar-refractivity contribution in [1.82, 2.24) is 15.2 Å². The summed E-state index contributed by atoms with van der Waals surface area (Å²) in [6.45, 7) is 6.26. The number of para-hydroxylation sites is 1. The minimum absolute atomic E-state index is 0.0277. The summed E-state index contributed by atoms with van der Waals surface area (Å²) in [6.07, 6.45) is 6.40. The van der Waals surface area contributed by atoms with Crippen LogP contribution in [0.1, 0.15) is 24.4 Å². The Bertz CT molecular complexity index is 1150. The first-order chi connectivity index (χ1) is 16.2.